The first-order valence-corrected chi connectivity index (χ1v) is 9.45. The SMILES string of the molecule is CN(C)c1cc(CNC(=O)Nc2cc(C(F)(F)F)ccc2N2CCOCC2)ccn1. The van der Waals surface area contributed by atoms with Gasteiger partial charge in [0.15, 0.2) is 0 Å². The highest BCUT2D eigenvalue weighted by Crippen LogP contribution is 2.35. The Morgan fingerprint density at radius 1 is 1.20 bits per heavy atom. The number of carbonyl (C=O) groups excluding carboxylic acids is 1. The molecule has 0 unspecified atom stereocenters. The Hall–Kier alpha value is -3.01. The van der Waals surface area contributed by atoms with Gasteiger partial charge in [0.25, 0.3) is 0 Å². The molecule has 1 aliphatic heterocycles. The second-order valence-corrected chi connectivity index (χ2v) is 7.05. The monoisotopic (exact) mass is 423 g/mol. The van der Waals surface area contributed by atoms with Crippen molar-refractivity contribution in [3.8, 4) is 0 Å². The molecule has 0 atom stereocenters. The molecule has 0 saturated carbocycles. The number of anilines is 3. The number of urea groups is 1. The Morgan fingerprint density at radius 2 is 1.93 bits per heavy atom. The fraction of sp³-hybridized carbons (Fsp3) is 0.400. The minimum Gasteiger partial charge on any atom is -0.378 e. The van der Waals surface area contributed by atoms with E-state index in [1.54, 1.807) is 12.3 Å². The third-order valence-corrected chi connectivity index (χ3v) is 4.65. The minimum absolute atomic E-state index is 0.105. The molecule has 1 fully saturated rings. The van der Waals surface area contributed by atoms with Gasteiger partial charge < -0.3 is 25.2 Å². The number of alkyl halides is 3. The lowest BCUT2D eigenvalue weighted by Gasteiger charge is -2.31. The molecule has 1 aliphatic rings. The molecular weight excluding hydrogens is 399 g/mol. The van der Waals surface area contributed by atoms with E-state index in [9.17, 15) is 18.0 Å². The van der Waals surface area contributed by atoms with Crippen molar-refractivity contribution in [2.24, 2.45) is 0 Å². The zero-order chi connectivity index (χ0) is 21.7. The van der Waals surface area contributed by atoms with Crippen LogP contribution in [0.2, 0.25) is 0 Å². The highest BCUT2D eigenvalue weighted by Gasteiger charge is 2.32. The van der Waals surface area contributed by atoms with E-state index in [4.69, 9.17) is 4.74 Å². The molecular formula is C20H24F3N5O2. The number of amides is 2. The number of pyridine rings is 1. The summed E-state index contributed by atoms with van der Waals surface area (Å²) in [7, 11) is 3.71. The van der Waals surface area contributed by atoms with Crippen molar-refractivity contribution < 1.29 is 22.7 Å². The number of carbonyl (C=O) groups is 1. The fourth-order valence-electron chi connectivity index (χ4n) is 3.06. The van der Waals surface area contributed by atoms with Crippen LogP contribution >= 0.6 is 0 Å². The molecule has 0 aliphatic carbocycles. The van der Waals surface area contributed by atoms with Crippen LogP contribution < -0.4 is 20.4 Å². The molecule has 2 aromatic rings. The van der Waals surface area contributed by atoms with Crippen molar-refractivity contribution in [2.75, 3.05) is 55.5 Å². The Balaban J connectivity index is 1.74. The average Bonchev–Trinajstić information content (AvgIpc) is 2.72. The van der Waals surface area contributed by atoms with Gasteiger partial charge >= 0.3 is 12.2 Å². The molecule has 30 heavy (non-hydrogen) atoms. The van der Waals surface area contributed by atoms with Crippen LogP contribution in [0.4, 0.5) is 35.2 Å². The van der Waals surface area contributed by atoms with E-state index in [0.29, 0.717) is 32.0 Å². The summed E-state index contributed by atoms with van der Waals surface area (Å²) in [5.41, 5.74) is 0.633. The molecule has 7 nitrogen and oxygen atoms in total. The maximum absolute atomic E-state index is 13.2. The van der Waals surface area contributed by atoms with Gasteiger partial charge in [-0.15, -0.1) is 0 Å². The molecule has 3 rings (SSSR count). The van der Waals surface area contributed by atoms with E-state index >= 15 is 0 Å². The van der Waals surface area contributed by atoms with Gasteiger partial charge in [-0.2, -0.15) is 13.2 Å². The molecule has 2 N–H and O–H groups in total. The van der Waals surface area contributed by atoms with Crippen molar-refractivity contribution in [1.29, 1.82) is 0 Å². The first-order valence-electron chi connectivity index (χ1n) is 9.45. The van der Waals surface area contributed by atoms with E-state index < -0.39 is 17.8 Å². The predicted molar refractivity (Wildman–Crippen MR) is 109 cm³/mol. The standard InChI is InChI=1S/C20H24F3N5O2/c1-27(2)18-11-14(5-6-24-18)13-25-19(29)26-16-12-15(20(21,22)23)3-4-17(16)28-7-9-30-10-8-28/h3-6,11-12H,7-10,13H2,1-2H3,(H2,25,26,29). The molecule has 1 aromatic heterocycles. The van der Waals surface area contributed by atoms with Gasteiger partial charge in [0.1, 0.15) is 5.82 Å². The molecule has 1 aromatic carbocycles. The van der Waals surface area contributed by atoms with Crippen LogP contribution in [0.5, 0.6) is 0 Å². The Labute approximate surface area is 172 Å². The van der Waals surface area contributed by atoms with Crippen molar-refractivity contribution in [3.63, 3.8) is 0 Å². The molecule has 2 heterocycles. The number of rotatable bonds is 5. The Morgan fingerprint density at radius 3 is 2.60 bits per heavy atom. The van der Waals surface area contributed by atoms with Gasteiger partial charge in [0, 0.05) is 39.9 Å². The number of ether oxygens (including phenoxy) is 1. The number of aromatic nitrogens is 1. The number of nitrogens with zero attached hydrogens (tertiary/aromatic N) is 3. The zero-order valence-corrected chi connectivity index (χ0v) is 16.8. The van der Waals surface area contributed by atoms with E-state index in [1.807, 2.05) is 30.0 Å². The maximum atomic E-state index is 13.2. The van der Waals surface area contributed by atoms with Crippen LogP contribution in [0.1, 0.15) is 11.1 Å². The number of hydrogen-bond donors (Lipinski definition) is 2. The molecule has 2 amide bonds. The van der Waals surface area contributed by atoms with Crippen molar-refractivity contribution >= 4 is 23.2 Å². The van der Waals surface area contributed by atoms with Crippen LogP contribution in [0.25, 0.3) is 0 Å². The summed E-state index contributed by atoms with van der Waals surface area (Å²) in [6, 6.07) is 6.36. The topological polar surface area (TPSA) is 69.7 Å². The molecule has 1 saturated heterocycles. The van der Waals surface area contributed by atoms with Crippen molar-refractivity contribution in [2.45, 2.75) is 12.7 Å². The summed E-state index contributed by atoms with van der Waals surface area (Å²) in [6.07, 6.45) is -2.87. The first-order chi connectivity index (χ1) is 14.2. The lowest BCUT2D eigenvalue weighted by Crippen LogP contribution is -2.37. The summed E-state index contributed by atoms with van der Waals surface area (Å²) in [5, 5.41) is 5.25. The Kier molecular flexibility index (Phi) is 6.66. The fourth-order valence-corrected chi connectivity index (χ4v) is 3.06. The molecule has 162 valence electrons. The van der Waals surface area contributed by atoms with E-state index in [-0.39, 0.29) is 12.2 Å². The quantitative estimate of drug-likeness (QED) is 0.772. The molecule has 0 radical (unpaired) electrons. The Bertz CT molecular complexity index is 883. The van der Waals surface area contributed by atoms with Gasteiger partial charge in [0.05, 0.1) is 30.2 Å². The maximum Gasteiger partial charge on any atom is 0.416 e. The first kappa shape index (κ1) is 21.7. The number of halogens is 3. The largest absolute Gasteiger partial charge is 0.416 e. The summed E-state index contributed by atoms with van der Waals surface area (Å²) in [4.78, 5) is 20.4. The lowest BCUT2D eigenvalue weighted by atomic mass is 10.1. The summed E-state index contributed by atoms with van der Waals surface area (Å²) < 4.78 is 44.8. The van der Waals surface area contributed by atoms with Gasteiger partial charge in [0.2, 0.25) is 0 Å². The minimum atomic E-state index is -4.50. The number of morpholine rings is 1. The lowest BCUT2D eigenvalue weighted by molar-refractivity contribution is -0.137. The summed E-state index contributed by atoms with van der Waals surface area (Å²) >= 11 is 0. The second-order valence-electron chi connectivity index (χ2n) is 7.05. The van der Waals surface area contributed by atoms with Gasteiger partial charge in [-0.3, -0.25) is 0 Å². The van der Waals surface area contributed by atoms with E-state index in [0.717, 1.165) is 23.5 Å². The van der Waals surface area contributed by atoms with Crippen LogP contribution in [-0.4, -0.2) is 51.4 Å². The average molecular weight is 423 g/mol. The third-order valence-electron chi connectivity index (χ3n) is 4.65. The highest BCUT2D eigenvalue weighted by molar-refractivity contribution is 5.93. The van der Waals surface area contributed by atoms with Crippen LogP contribution in [-0.2, 0) is 17.5 Å². The van der Waals surface area contributed by atoms with Crippen molar-refractivity contribution in [3.05, 3.63) is 47.7 Å². The van der Waals surface area contributed by atoms with Crippen LogP contribution in [0, 0.1) is 0 Å². The van der Waals surface area contributed by atoms with Crippen LogP contribution in [0.15, 0.2) is 36.5 Å². The predicted octanol–water partition coefficient (Wildman–Crippen LogP) is 3.32. The molecule has 0 bridgehead atoms. The number of benzene rings is 1. The molecule has 0 spiro atoms. The van der Waals surface area contributed by atoms with Crippen molar-refractivity contribution in [1.82, 2.24) is 10.3 Å². The third kappa shape index (κ3) is 5.53. The number of hydrogen-bond acceptors (Lipinski definition) is 5. The van der Waals surface area contributed by atoms with Gasteiger partial charge in [-0.1, -0.05) is 0 Å². The normalized spacial score (nSPS) is 14.4. The summed E-state index contributed by atoms with van der Waals surface area (Å²) in [5.74, 6) is 0.738. The second kappa shape index (κ2) is 9.21. The zero-order valence-electron chi connectivity index (χ0n) is 16.8. The van der Waals surface area contributed by atoms with Gasteiger partial charge in [-0.25, -0.2) is 9.78 Å². The highest BCUT2D eigenvalue weighted by atomic mass is 19.4. The van der Waals surface area contributed by atoms with E-state index in [1.165, 1.54) is 6.07 Å². The van der Waals surface area contributed by atoms with Crippen LogP contribution in [0.3, 0.4) is 0 Å². The smallest absolute Gasteiger partial charge is 0.378 e. The van der Waals surface area contributed by atoms with E-state index in [2.05, 4.69) is 15.6 Å². The molecule has 10 heteroatoms. The summed E-state index contributed by atoms with van der Waals surface area (Å²) in [6.45, 7) is 2.23. The number of nitrogens with one attached hydrogen (secondary N) is 2. The van der Waals surface area contributed by atoms with Gasteiger partial charge in [-0.05, 0) is 35.9 Å².